The van der Waals surface area contributed by atoms with Crippen molar-refractivity contribution in [1.29, 1.82) is 0 Å². The van der Waals surface area contributed by atoms with E-state index in [9.17, 15) is 13.2 Å². The summed E-state index contributed by atoms with van der Waals surface area (Å²) in [4.78, 5) is 0. The Morgan fingerprint density at radius 3 is 2.37 bits per heavy atom. The number of halogens is 3. The Balaban J connectivity index is 1.97. The highest BCUT2D eigenvalue weighted by atomic mass is 19.4. The summed E-state index contributed by atoms with van der Waals surface area (Å²) in [5.41, 5.74) is 1.08. The molecule has 2 nitrogen and oxygen atoms in total. The van der Waals surface area contributed by atoms with E-state index in [1.165, 1.54) is 0 Å². The topological polar surface area (TPSA) is 29.5 Å². The summed E-state index contributed by atoms with van der Waals surface area (Å²) in [5, 5.41) is 8.78. The summed E-state index contributed by atoms with van der Waals surface area (Å²) in [6.45, 7) is 1.04. The van der Waals surface area contributed by atoms with Crippen molar-refractivity contribution in [3.8, 4) is 0 Å². The average Bonchev–Trinajstić information content (AvgIpc) is 2.37. The van der Waals surface area contributed by atoms with Crippen LogP contribution in [0.15, 0.2) is 30.3 Å². The number of unbranched alkanes of at least 4 members (excludes halogenated alkanes) is 2. The van der Waals surface area contributed by atoms with Gasteiger partial charge in [0.15, 0.2) is 0 Å². The number of benzene rings is 1. The molecular weight excluding hydrogens is 257 g/mol. The highest BCUT2D eigenvalue weighted by Gasteiger charge is 2.37. The van der Waals surface area contributed by atoms with E-state index < -0.39 is 12.3 Å². The highest BCUT2D eigenvalue weighted by Crippen LogP contribution is 2.23. The van der Waals surface area contributed by atoms with Crippen LogP contribution in [0.3, 0.4) is 0 Å². The van der Waals surface area contributed by atoms with Gasteiger partial charge in [0.05, 0.1) is 6.61 Å². The van der Waals surface area contributed by atoms with E-state index in [1.807, 2.05) is 30.3 Å². The summed E-state index contributed by atoms with van der Waals surface area (Å²) in [5.74, 6) is 0. The summed E-state index contributed by atoms with van der Waals surface area (Å²) in [6, 6.07) is 9.70. The van der Waals surface area contributed by atoms with Crippen molar-refractivity contribution in [3.05, 3.63) is 35.9 Å². The molecule has 1 aromatic carbocycles. The molecule has 0 amide bonds. The Kier molecular flexibility index (Phi) is 6.87. The lowest BCUT2D eigenvalue weighted by Gasteiger charge is -2.13. The van der Waals surface area contributed by atoms with Gasteiger partial charge in [-0.05, 0) is 18.4 Å². The van der Waals surface area contributed by atoms with E-state index in [0.717, 1.165) is 5.56 Å². The van der Waals surface area contributed by atoms with Gasteiger partial charge in [0.1, 0.15) is 6.10 Å². The number of aliphatic hydroxyl groups is 1. The van der Waals surface area contributed by atoms with Crippen molar-refractivity contribution in [1.82, 2.24) is 0 Å². The first-order valence-electron chi connectivity index (χ1n) is 6.36. The second-order valence-electron chi connectivity index (χ2n) is 4.44. The molecule has 1 rings (SSSR count). The summed E-state index contributed by atoms with van der Waals surface area (Å²) < 4.78 is 41.4. The van der Waals surface area contributed by atoms with Crippen LogP contribution in [0.5, 0.6) is 0 Å². The van der Waals surface area contributed by atoms with Crippen LogP contribution in [0, 0.1) is 0 Å². The smallest absolute Gasteiger partial charge is 0.384 e. The standard InChI is InChI=1S/C14H19F3O2/c15-14(16,17)13(18)9-5-2-6-10-19-11-12-7-3-1-4-8-12/h1,3-4,7-8,13,18H,2,5-6,9-11H2. The number of aliphatic hydroxyl groups excluding tert-OH is 1. The Hall–Kier alpha value is -1.07. The molecule has 0 heterocycles. The highest BCUT2D eigenvalue weighted by molar-refractivity contribution is 5.13. The quantitative estimate of drug-likeness (QED) is 0.734. The predicted molar refractivity (Wildman–Crippen MR) is 66.6 cm³/mol. The first kappa shape index (κ1) is 16.0. The van der Waals surface area contributed by atoms with E-state index in [0.29, 0.717) is 32.5 Å². The molecule has 0 fully saturated rings. The molecule has 19 heavy (non-hydrogen) atoms. The zero-order valence-electron chi connectivity index (χ0n) is 10.7. The van der Waals surface area contributed by atoms with Crippen molar-refractivity contribution >= 4 is 0 Å². The fourth-order valence-electron chi connectivity index (χ4n) is 1.65. The van der Waals surface area contributed by atoms with Crippen LogP contribution in [0.4, 0.5) is 13.2 Å². The lowest BCUT2D eigenvalue weighted by molar-refractivity contribution is -0.205. The maximum atomic E-state index is 12.0. The largest absolute Gasteiger partial charge is 0.414 e. The van der Waals surface area contributed by atoms with E-state index in [-0.39, 0.29) is 6.42 Å². The van der Waals surface area contributed by atoms with Gasteiger partial charge in [-0.2, -0.15) is 13.2 Å². The van der Waals surface area contributed by atoms with Gasteiger partial charge in [-0.3, -0.25) is 0 Å². The van der Waals surface area contributed by atoms with E-state index in [4.69, 9.17) is 9.84 Å². The molecule has 1 N–H and O–H groups in total. The summed E-state index contributed by atoms with van der Waals surface area (Å²) in [6.07, 6.45) is -5.24. The van der Waals surface area contributed by atoms with E-state index in [1.54, 1.807) is 0 Å². The third-order valence-corrected chi connectivity index (χ3v) is 2.76. The Morgan fingerprint density at radius 2 is 1.74 bits per heavy atom. The average molecular weight is 276 g/mol. The summed E-state index contributed by atoms with van der Waals surface area (Å²) in [7, 11) is 0. The molecule has 0 saturated heterocycles. The van der Waals surface area contributed by atoms with Crippen LogP contribution in [0.25, 0.3) is 0 Å². The van der Waals surface area contributed by atoms with Crippen LogP contribution in [-0.4, -0.2) is 24.0 Å². The molecule has 0 aromatic heterocycles. The van der Waals surface area contributed by atoms with Gasteiger partial charge in [0.25, 0.3) is 0 Å². The van der Waals surface area contributed by atoms with Crippen molar-refractivity contribution < 1.29 is 23.0 Å². The van der Waals surface area contributed by atoms with Crippen LogP contribution >= 0.6 is 0 Å². The number of hydrogen-bond acceptors (Lipinski definition) is 2. The molecule has 0 aliphatic heterocycles. The molecule has 0 aliphatic carbocycles. The Labute approximate surface area is 111 Å². The second kappa shape index (κ2) is 8.17. The van der Waals surface area contributed by atoms with E-state index in [2.05, 4.69) is 0 Å². The first-order chi connectivity index (χ1) is 9.00. The van der Waals surface area contributed by atoms with Gasteiger partial charge in [-0.25, -0.2) is 0 Å². The summed E-state index contributed by atoms with van der Waals surface area (Å²) >= 11 is 0. The molecule has 0 spiro atoms. The minimum Gasteiger partial charge on any atom is -0.384 e. The molecule has 5 heteroatoms. The maximum Gasteiger partial charge on any atom is 0.414 e. The minimum atomic E-state index is -4.50. The monoisotopic (exact) mass is 276 g/mol. The second-order valence-corrected chi connectivity index (χ2v) is 4.44. The fraction of sp³-hybridized carbons (Fsp3) is 0.571. The SMILES string of the molecule is OC(CCCCCOCc1ccccc1)C(F)(F)F. The zero-order chi connectivity index (χ0) is 14.1. The third-order valence-electron chi connectivity index (χ3n) is 2.76. The zero-order valence-corrected chi connectivity index (χ0v) is 10.7. The minimum absolute atomic E-state index is 0.234. The molecular formula is C14H19F3O2. The lowest BCUT2D eigenvalue weighted by atomic mass is 10.1. The fourth-order valence-corrected chi connectivity index (χ4v) is 1.65. The van der Waals surface area contributed by atoms with Crippen LogP contribution in [-0.2, 0) is 11.3 Å². The van der Waals surface area contributed by atoms with Crippen molar-refractivity contribution in [3.63, 3.8) is 0 Å². The molecule has 0 bridgehead atoms. The van der Waals surface area contributed by atoms with Crippen molar-refractivity contribution in [2.45, 2.75) is 44.6 Å². The molecule has 0 saturated carbocycles. The Morgan fingerprint density at radius 1 is 1.05 bits per heavy atom. The lowest BCUT2D eigenvalue weighted by Crippen LogP contribution is -2.28. The van der Waals surface area contributed by atoms with Crippen LogP contribution in [0.1, 0.15) is 31.2 Å². The first-order valence-corrected chi connectivity index (χ1v) is 6.36. The van der Waals surface area contributed by atoms with Gasteiger partial charge in [0.2, 0.25) is 0 Å². The van der Waals surface area contributed by atoms with E-state index >= 15 is 0 Å². The molecule has 0 aliphatic rings. The van der Waals surface area contributed by atoms with Gasteiger partial charge < -0.3 is 9.84 Å². The maximum absolute atomic E-state index is 12.0. The number of rotatable bonds is 8. The van der Waals surface area contributed by atoms with Crippen molar-refractivity contribution in [2.24, 2.45) is 0 Å². The third kappa shape index (κ3) is 7.18. The predicted octanol–water partition coefficient (Wildman–Crippen LogP) is 3.69. The van der Waals surface area contributed by atoms with Gasteiger partial charge in [-0.1, -0.05) is 43.2 Å². The molecule has 108 valence electrons. The molecule has 0 radical (unpaired) electrons. The normalized spacial score (nSPS) is 13.5. The number of ether oxygens (including phenoxy) is 1. The Bertz CT molecular complexity index is 338. The molecule has 1 unspecified atom stereocenters. The van der Waals surface area contributed by atoms with Gasteiger partial charge in [0, 0.05) is 6.61 Å². The number of alkyl halides is 3. The van der Waals surface area contributed by atoms with Crippen LogP contribution < -0.4 is 0 Å². The number of hydrogen-bond donors (Lipinski definition) is 1. The van der Waals surface area contributed by atoms with Crippen LogP contribution in [0.2, 0.25) is 0 Å². The van der Waals surface area contributed by atoms with Gasteiger partial charge >= 0.3 is 6.18 Å². The molecule has 1 aromatic rings. The van der Waals surface area contributed by atoms with Gasteiger partial charge in [-0.15, -0.1) is 0 Å². The van der Waals surface area contributed by atoms with Crippen molar-refractivity contribution in [2.75, 3.05) is 6.61 Å². The molecule has 1 atom stereocenters.